The average molecular weight is 318 g/mol. The molecule has 0 saturated carbocycles. The van der Waals surface area contributed by atoms with E-state index in [1.165, 1.54) is 48.8 Å². The first kappa shape index (κ1) is 16.7. The lowest BCUT2D eigenvalue weighted by atomic mass is 10.0. The molecule has 1 heterocycles. The average Bonchev–Trinajstić information content (AvgIpc) is 3.05. The molecule has 1 saturated heterocycles. The van der Waals surface area contributed by atoms with Gasteiger partial charge in [-0.2, -0.15) is 0 Å². The highest BCUT2D eigenvalue weighted by Gasteiger charge is 2.21. The summed E-state index contributed by atoms with van der Waals surface area (Å²) in [5, 5.41) is 13.0. The Bertz CT molecular complexity index is 518. The van der Waals surface area contributed by atoms with Crippen molar-refractivity contribution in [3.05, 3.63) is 28.8 Å². The van der Waals surface area contributed by atoms with E-state index in [9.17, 15) is 5.11 Å². The molecule has 128 valence electrons. The molecule has 1 aliphatic heterocycles. The van der Waals surface area contributed by atoms with Gasteiger partial charge >= 0.3 is 0 Å². The Balaban J connectivity index is 1.50. The molecule has 1 aliphatic carbocycles. The Morgan fingerprint density at radius 2 is 2.04 bits per heavy atom. The van der Waals surface area contributed by atoms with Crippen molar-refractivity contribution >= 4 is 0 Å². The van der Waals surface area contributed by atoms with Gasteiger partial charge in [0.15, 0.2) is 0 Å². The summed E-state index contributed by atoms with van der Waals surface area (Å²) in [6.45, 7) is 4.23. The van der Waals surface area contributed by atoms with Gasteiger partial charge in [-0.05, 0) is 55.8 Å². The fourth-order valence-corrected chi connectivity index (χ4v) is 3.99. The fourth-order valence-electron chi connectivity index (χ4n) is 3.99. The molecule has 3 rings (SSSR count). The van der Waals surface area contributed by atoms with Crippen LogP contribution in [-0.2, 0) is 19.4 Å². The Labute approximate surface area is 139 Å². The molecule has 2 aliphatic rings. The summed E-state index contributed by atoms with van der Waals surface area (Å²) in [4.78, 5) is 2.43. The molecule has 1 aromatic rings. The summed E-state index contributed by atoms with van der Waals surface area (Å²) in [6, 6.07) is 4.91. The lowest BCUT2D eigenvalue weighted by molar-refractivity contribution is 0.0910. The Morgan fingerprint density at radius 3 is 2.83 bits per heavy atom. The monoisotopic (exact) mass is 318 g/mol. The number of hydrogen-bond acceptors (Lipinski definition) is 4. The van der Waals surface area contributed by atoms with Crippen molar-refractivity contribution in [3.8, 4) is 5.75 Å². The van der Waals surface area contributed by atoms with Gasteiger partial charge in [0, 0.05) is 31.2 Å². The third kappa shape index (κ3) is 4.06. The van der Waals surface area contributed by atoms with E-state index in [4.69, 9.17) is 4.74 Å². The van der Waals surface area contributed by atoms with Crippen molar-refractivity contribution in [3.63, 3.8) is 0 Å². The molecule has 1 fully saturated rings. The van der Waals surface area contributed by atoms with Crippen molar-refractivity contribution in [2.45, 2.75) is 51.1 Å². The van der Waals surface area contributed by atoms with Gasteiger partial charge < -0.3 is 15.2 Å². The number of aliphatic hydroxyl groups is 1. The van der Waals surface area contributed by atoms with Crippen molar-refractivity contribution < 1.29 is 9.84 Å². The van der Waals surface area contributed by atoms with E-state index >= 15 is 0 Å². The van der Waals surface area contributed by atoms with E-state index in [1.54, 1.807) is 7.11 Å². The molecule has 0 radical (unpaired) electrons. The summed E-state index contributed by atoms with van der Waals surface area (Å²) in [7, 11) is 1.76. The Hall–Kier alpha value is -1.10. The number of piperidine rings is 1. The molecule has 0 bridgehead atoms. The van der Waals surface area contributed by atoms with Gasteiger partial charge in [0.05, 0.1) is 13.7 Å². The number of nitrogens with zero attached hydrogens (tertiary/aromatic N) is 1. The summed E-state index contributed by atoms with van der Waals surface area (Å²) >= 11 is 0. The number of aryl methyl sites for hydroxylation is 2. The van der Waals surface area contributed by atoms with Crippen molar-refractivity contribution in [1.82, 2.24) is 10.2 Å². The van der Waals surface area contributed by atoms with Gasteiger partial charge in [0.25, 0.3) is 0 Å². The molecule has 0 aromatic heterocycles. The van der Waals surface area contributed by atoms with Crippen LogP contribution in [0, 0.1) is 0 Å². The SMILES string of the molecule is COc1cc2c(cc1CNCCN1CCCCC1CO)CCC2. The minimum Gasteiger partial charge on any atom is -0.496 e. The predicted octanol–water partition coefficient (Wildman–Crippen LogP) is 2.12. The Morgan fingerprint density at radius 1 is 1.22 bits per heavy atom. The number of ether oxygens (including phenoxy) is 1. The molecule has 2 N–H and O–H groups in total. The maximum atomic E-state index is 9.48. The molecule has 4 nitrogen and oxygen atoms in total. The first-order valence-electron chi connectivity index (χ1n) is 9.06. The normalized spacial score (nSPS) is 21.4. The van der Waals surface area contributed by atoms with Gasteiger partial charge in [-0.25, -0.2) is 0 Å². The summed E-state index contributed by atoms with van der Waals surface area (Å²) in [5.74, 6) is 1.02. The lowest BCUT2D eigenvalue weighted by Crippen LogP contribution is -2.44. The van der Waals surface area contributed by atoms with E-state index in [1.807, 2.05) is 0 Å². The number of rotatable bonds is 7. The number of methoxy groups -OCH3 is 1. The molecule has 1 aromatic carbocycles. The van der Waals surface area contributed by atoms with Crippen LogP contribution in [-0.4, -0.2) is 49.4 Å². The maximum absolute atomic E-state index is 9.48. The summed E-state index contributed by atoms with van der Waals surface area (Å²) < 4.78 is 5.57. The topological polar surface area (TPSA) is 44.7 Å². The fraction of sp³-hybridized carbons (Fsp3) is 0.684. The van der Waals surface area contributed by atoms with Crippen LogP contribution < -0.4 is 10.1 Å². The van der Waals surface area contributed by atoms with Gasteiger partial charge in [0.2, 0.25) is 0 Å². The third-order valence-corrected chi connectivity index (χ3v) is 5.35. The van der Waals surface area contributed by atoms with E-state index < -0.39 is 0 Å². The highest BCUT2D eigenvalue weighted by Crippen LogP contribution is 2.29. The van der Waals surface area contributed by atoms with Crippen molar-refractivity contribution in [2.24, 2.45) is 0 Å². The van der Waals surface area contributed by atoms with Gasteiger partial charge in [0.1, 0.15) is 5.75 Å². The van der Waals surface area contributed by atoms with Gasteiger partial charge in [-0.3, -0.25) is 4.90 Å². The van der Waals surface area contributed by atoms with Crippen LogP contribution in [0.4, 0.5) is 0 Å². The minimum atomic E-state index is 0.290. The number of aliphatic hydroxyl groups excluding tert-OH is 1. The molecular formula is C19H30N2O2. The van der Waals surface area contributed by atoms with Gasteiger partial charge in [-0.1, -0.05) is 12.5 Å². The first-order valence-corrected chi connectivity index (χ1v) is 9.06. The third-order valence-electron chi connectivity index (χ3n) is 5.35. The highest BCUT2D eigenvalue weighted by molar-refractivity contribution is 5.44. The van der Waals surface area contributed by atoms with E-state index in [0.717, 1.165) is 38.3 Å². The smallest absolute Gasteiger partial charge is 0.123 e. The van der Waals surface area contributed by atoms with E-state index in [2.05, 4.69) is 22.3 Å². The summed E-state index contributed by atoms with van der Waals surface area (Å²) in [6.07, 6.45) is 7.31. The second kappa shape index (κ2) is 8.13. The maximum Gasteiger partial charge on any atom is 0.123 e. The van der Waals surface area contributed by atoms with Crippen LogP contribution in [0.25, 0.3) is 0 Å². The number of hydrogen-bond donors (Lipinski definition) is 2. The van der Waals surface area contributed by atoms with E-state index in [0.29, 0.717) is 12.6 Å². The molecule has 0 spiro atoms. The van der Waals surface area contributed by atoms with Crippen LogP contribution in [0.15, 0.2) is 12.1 Å². The van der Waals surface area contributed by atoms with Crippen LogP contribution >= 0.6 is 0 Å². The molecule has 1 atom stereocenters. The lowest BCUT2D eigenvalue weighted by Gasteiger charge is -2.34. The van der Waals surface area contributed by atoms with E-state index in [-0.39, 0.29) is 0 Å². The molecule has 23 heavy (non-hydrogen) atoms. The highest BCUT2D eigenvalue weighted by atomic mass is 16.5. The van der Waals surface area contributed by atoms with Crippen molar-refractivity contribution in [2.75, 3.05) is 33.4 Å². The van der Waals surface area contributed by atoms with Crippen LogP contribution in [0.2, 0.25) is 0 Å². The number of nitrogens with one attached hydrogen (secondary N) is 1. The van der Waals surface area contributed by atoms with Gasteiger partial charge in [-0.15, -0.1) is 0 Å². The number of likely N-dealkylation sites (tertiary alicyclic amines) is 1. The second-order valence-electron chi connectivity index (χ2n) is 6.83. The summed E-state index contributed by atoms with van der Waals surface area (Å²) in [5.41, 5.74) is 4.23. The Kier molecular flexibility index (Phi) is 5.92. The molecule has 4 heteroatoms. The zero-order valence-electron chi connectivity index (χ0n) is 14.3. The zero-order valence-corrected chi connectivity index (χ0v) is 14.3. The number of benzene rings is 1. The molecule has 0 amide bonds. The quantitative estimate of drug-likeness (QED) is 0.756. The molecular weight excluding hydrogens is 288 g/mol. The van der Waals surface area contributed by atoms with Crippen LogP contribution in [0.3, 0.4) is 0 Å². The standard InChI is InChI=1S/C19H30N2O2/c1-23-19-12-16-6-4-5-15(16)11-17(19)13-20-8-10-21-9-3-2-7-18(21)14-22/h11-12,18,20,22H,2-10,13-14H2,1H3. The first-order chi connectivity index (χ1) is 11.3. The second-order valence-corrected chi connectivity index (χ2v) is 6.83. The van der Waals surface area contributed by atoms with Crippen LogP contribution in [0.5, 0.6) is 5.75 Å². The number of fused-ring (bicyclic) bond motifs is 1. The minimum absolute atomic E-state index is 0.290. The molecule has 1 unspecified atom stereocenters. The van der Waals surface area contributed by atoms with Crippen molar-refractivity contribution in [1.29, 1.82) is 0 Å². The zero-order chi connectivity index (χ0) is 16.1. The predicted molar refractivity (Wildman–Crippen MR) is 93.0 cm³/mol. The largest absolute Gasteiger partial charge is 0.496 e. The van der Waals surface area contributed by atoms with Crippen LogP contribution in [0.1, 0.15) is 42.4 Å².